The smallest absolute Gasteiger partial charge is 0.319 e. The molecule has 0 spiro atoms. The number of aryl methyl sites for hydroxylation is 1. The lowest BCUT2D eigenvalue weighted by Crippen LogP contribution is -2.31. The standard InChI is InChI=1S/C17H16FN3O3/c1-9-13-7-11(18)3-5-14(13)24-16(9)10(2)20-17(23)21-12-4-6-15(22)19-8-12/h3-8,10H,1-2H3,(H,19,22)(H2,20,21,23)/t10-/m1/s1. The van der Waals surface area contributed by atoms with Gasteiger partial charge in [-0.2, -0.15) is 0 Å². The van der Waals surface area contributed by atoms with E-state index in [1.807, 2.05) is 6.92 Å². The number of hydrogen-bond donors (Lipinski definition) is 3. The Bertz CT molecular complexity index is 890. The third kappa shape index (κ3) is 3.15. The highest BCUT2D eigenvalue weighted by molar-refractivity contribution is 5.89. The SMILES string of the molecule is Cc1c([C@@H](C)NC(=O)Nc2ccc(O)nc2)oc2ccc(F)cc12. The predicted molar refractivity (Wildman–Crippen MR) is 87.4 cm³/mol. The lowest BCUT2D eigenvalue weighted by atomic mass is 10.1. The number of aromatic nitrogens is 1. The molecule has 24 heavy (non-hydrogen) atoms. The van der Waals surface area contributed by atoms with Crippen LogP contribution in [0, 0.1) is 12.7 Å². The number of rotatable bonds is 3. The Morgan fingerprint density at radius 2 is 2.12 bits per heavy atom. The van der Waals surface area contributed by atoms with Crippen molar-refractivity contribution in [2.75, 3.05) is 5.32 Å². The van der Waals surface area contributed by atoms with Crippen LogP contribution in [0.15, 0.2) is 40.9 Å². The van der Waals surface area contributed by atoms with Crippen LogP contribution >= 0.6 is 0 Å². The average molecular weight is 329 g/mol. The van der Waals surface area contributed by atoms with E-state index >= 15 is 0 Å². The van der Waals surface area contributed by atoms with E-state index in [0.717, 1.165) is 5.56 Å². The lowest BCUT2D eigenvalue weighted by molar-refractivity contribution is 0.248. The highest BCUT2D eigenvalue weighted by atomic mass is 19.1. The molecule has 3 N–H and O–H groups in total. The van der Waals surface area contributed by atoms with E-state index in [1.54, 1.807) is 13.0 Å². The van der Waals surface area contributed by atoms with Gasteiger partial charge in [0.25, 0.3) is 0 Å². The zero-order valence-corrected chi connectivity index (χ0v) is 13.1. The maximum atomic E-state index is 13.4. The van der Waals surface area contributed by atoms with E-state index in [9.17, 15) is 9.18 Å². The van der Waals surface area contributed by atoms with Crippen LogP contribution in [-0.4, -0.2) is 16.1 Å². The molecule has 0 saturated heterocycles. The van der Waals surface area contributed by atoms with Crippen LogP contribution in [0.25, 0.3) is 11.0 Å². The van der Waals surface area contributed by atoms with Crippen LogP contribution < -0.4 is 10.6 Å². The minimum atomic E-state index is -0.443. The van der Waals surface area contributed by atoms with Crippen molar-refractivity contribution in [3.63, 3.8) is 0 Å². The summed E-state index contributed by atoms with van der Waals surface area (Å²) in [5.41, 5.74) is 1.80. The quantitative estimate of drug-likeness (QED) is 0.681. The molecule has 1 aromatic carbocycles. The Hall–Kier alpha value is -3.09. The molecule has 3 rings (SSSR count). The molecule has 3 aromatic rings. The van der Waals surface area contributed by atoms with Crippen molar-refractivity contribution in [2.24, 2.45) is 0 Å². The highest BCUT2D eigenvalue weighted by Crippen LogP contribution is 2.29. The Morgan fingerprint density at radius 1 is 1.33 bits per heavy atom. The molecule has 2 heterocycles. The molecule has 124 valence electrons. The number of furan rings is 1. The fourth-order valence-electron chi connectivity index (χ4n) is 2.51. The molecule has 2 amide bonds. The van der Waals surface area contributed by atoms with Gasteiger partial charge in [0.2, 0.25) is 5.88 Å². The second-order valence-corrected chi connectivity index (χ2v) is 5.46. The summed E-state index contributed by atoms with van der Waals surface area (Å²) >= 11 is 0. The van der Waals surface area contributed by atoms with Crippen molar-refractivity contribution >= 4 is 22.7 Å². The van der Waals surface area contributed by atoms with Crippen LogP contribution in [-0.2, 0) is 0 Å². The van der Waals surface area contributed by atoms with Crippen molar-refractivity contribution in [3.05, 3.63) is 53.7 Å². The van der Waals surface area contributed by atoms with Gasteiger partial charge in [-0.25, -0.2) is 14.2 Å². The molecule has 0 aliphatic carbocycles. The van der Waals surface area contributed by atoms with Crippen LogP contribution in [0.5, 0.6) is 5.88 Å². The molecule has 0 bridgehead atoms. The summed E-state index contributed by atoms with van der Waals surface area (Å²) in [5.74, 6) is 0.102. The zero-order chi connectivity index (χ0) is 17.3. The molecule has 2 aromatic heterocycles. The number of benzene rings is 1. The van der Waals surface area contributed by atoms with Crippen LogP contribution in [0.3, 0.4) is 0 Å². The fourth-order valence-corrected chi connectivity index (χ4v) is 2.51. The summed E-state index contributed by atoms with van der Waals surface area (Å²) in [4.78, 5) is 15.7. The van der Waals surface area contributed by atoms with E-state index in [-0.39, 0.29) is 11.7 Å². The summed E-state index contributed by atoms with van der Waals surface area (Å²) < 4.78 is 19.1. The molecular formula is C17H16FN3O3. The molecule has 0 radical (unpaired) electrons. The molecule has 7 heteroatoms. The van der Waals surface area contributed by atoms with Crippen molar-refractivity contribution in [1.29, 1.82) is 0 Å². The Kier molecular flexibility index (Phi) is 4.07. The molecule has 0 fully saturated rings. The maximum absolute atomic E-state index is 13.4. The van der Waals surface area contributed by atoms with Gasteiger partial charge in [-0.1, -0.05) is 0 Å². The topological polar surface area (TPSA) is 87.4 Å². The van der Waals surface area contributed by atoms with Gasteiger partial charge < -0.3 is 20.2 Å². The van der Waals surface area contributed by atoms with Gasteiger partial charge in [0.15, 0.2) is 0 Å². The van der Waals surface area contributed by atoms with E-state index < -0.39 is 12.1 Å². The third-order valence-electron chi connectivity index (χ3n) is 3.68. The van der Waals surface area contributed by atoms with Crippen LogP contribution in [0.1, 0.15) is 24.3 Å². The Labute approximate surface area is 137 Å². The number of carbonyl (C=O) groups excluding carboxylic acids is 1. The number of urea groups is 1. The number of pyridine rings is 1. The number of carbonyl (C=O) groups is 1. The summed E-state index contributed by atoms with van der Waals surface area (Å²) in [6, 6.07) is 6.35. The van der Waals surface area contributed by atoms with Gasteiger partial charge in [-0.3, -0.25) is 0 Å². The van der Waals surface area contributed by atoms with E-state index in [1.165, 1.54) is 30.5 Å². The van der Waals surface area contributed by atoms with Gasteiger partial charge in [0.1, 0.15) is 17.2 Å². The number of anilines is 1. The fraction of sp³-hybridized carbons (Fsp3) is 0.176. The molecule has 0 unspecified atom stereocenters. The molecule has 0 saturated carbocycles. The molecular weight excluding hydrogens is 313 g/mol. The summed E-state index contributed by atoms with van der Waals surface area (Å²) in [6.45, 7) is 3.59. The molecule has 1 atom stereocenters. The zero-order valence-electron chi connectivity index (χ0n) is 13.1. The van der Waals surface area contributed by atoms with Crippen LogP contribution in [0.4, 0.5) is 14.9 Å². The van der Waals surface area contributed by atoms with Crippen molar-refractivity contribution in [1.82, 2.24) is 10.3 Å². The van der Waals surface area contributed by atoms with Gasteiger partial charge >= 0.3 is 6.03 Å². The predicted octanol–water partition coefficient (Wildman–Crippen LogP) is 3.86. The summed E-state index contributed by atoms with van der Waals surface area (Å²) in [7, 11) is 0. The minimum Gasteiger partial charge on any atom is -0.493 e. The first-order valence-electron chi connectivity index (χ1n) is 7.35. The Balaban J connectivity index is 1.74. The molecule has 0 aliphatic rings. The van der Waals surface area contributed by atoms with Crippen LogP contribution in [0.2, 0.25) is 0 Å². The number of fused-ring (bicyclic) bond motifs is 1. The Morgan fingerprint density at radius 3 is 2.83 bits per heavy atom. The number of amides is 2. The highest BCUT2D eigenvalue weighted by Gasteiger charge is 2.18. The van der Waals surface area contributed by atoms with Gasteiger partial charge in [0.05, 0.1) is 17.9 Å². The van der Waals surface area contributed by atoms with E-state index in [2.05, 4.69) is 15.6 Å². The monoisotopic (exact) mass is 329 g/mol. The number of halogens is 1. The summed E-state index contributed by atoms with van der Waals surface area (Å²) in [5, 5.41) is 15.2. The molecule has 6 nitrogen and oxygen atoms in total. The number of nitrogens with one attached hydrogen (secondary N) is 2. The second kappa shape index (κ2) is 6.19. The van der Waals surface area contributed by atoms with Gasteiger partial charge in [0, 0.05) is 17.0 Å². The first-order chi connectivity index (χ1) is 11.4. The van der Waals surface area contributed by atoms with Gasteiger partial charge in [-0.05, 0) is 38.1 Å². The number of aromatic hydroxyl groups is 1. The number of hydrogen-bond acceptors (Lipinski definition) is 4. The van der Waals surface area contributed by atoms with E-state index in [0.29, 0.717) is 22.4 Å². The first kappa shape index (κ1) is 15.8. The van der Waals surface area contributed by atoms with Crippen molar-refractivity contribution < 1.29 is 18.7 Å². The van der Waals surface area contributed by atoms with Gasteiger partial charge in [-0.15, -0.1) is 0 Å². The van der Waals surface area contributed by atoms with Crippen molar-refractivity contribution in [3.8, 4) is 5.88 Å². The molecule has 0 aliphatic heterocycles. The van der Waals surface area contributed by atoms with E-state index in [4.69, 9.17) is 9.52 Å². The first-order valence-corrected chi connectivity index (χ1v) is 7.35. The number of nitrogens with zero attached hydrogens (tertiary/aromatic N) is 1. The third-order valence-corrected chi connectivity index (χ3v) is 3.68. The summed E-state index contributed by atoms with van der Waals surface area (Å²) in [6.07, 6.45) is 1.34. The minimum absolute atomic E-state index is 0.126. The van der Waals surface area contributed by atoms with Crippen molar-refractivity contribution in [2.45, 2.75) is 19.9 Å². The second-order valence-electron chi connectivity index (χ2n) is 5.46. The normalized spacial score (nSPS) is 12.1. The lowest BCUT2D eigenvalue weighted by Gasteiger charge is -2.13. The maximum Gasteiger partial charge on any atom is 0.319 e. The largest absolute Gasteiger partial charge is 0.493 e. The average Bonchev–Trinajstić information content (AvgIpc) is 2.86.